The Bertz CT molecular complexity index is 698. The topological polar surface area (TPSA) is 56.3 Å². The van der Waals surface area contributed by atoms with Crippen LogP contribution in [-0.4, -0.2) is 16.9 Å². The van der Waals surface area contributed by atoms with Crippen LogP contribution in [0, 0.1) is 6.92 Å². The van der Waals surface area contributed by atoms with Crippen LogP contribution < -0.4 is 0 Å². The number of rotatable bonds is 3. The molecule has 1 aromatic heterocycles. The molecule has 0 N–H and O–H groups in total. The molecule has 0 saturated carbocycles. The Hall–Kier alpha value is -2.20. The van der Waals surface area contributed by atoms with E-state index in [2.05, 4.69) is 4.98 Å². The number of ether oxygens (including phenoxy) is 1. The Morgan fingerprint density at radius 1 is 1.14 bits per heavy atom. The minimum Gasteiger partial charge on any atom is -0.386 e. The molecular formula is C16H14ClNO3. The summed E-state index contributed by atoms with van der Waals surface area (Å²) < 4.78 is 4.88. The summed E-state index contributed by atoms with van der Waals surface area (Å²) in [5.74, 6) is -1.49. The van der Waals surface area contributed by atoms with E-state index in [1.165, 1.54) is 12.3 Å². The number of pyridine rings is 1. The fourth-order valence-electron chi connectivity index (χ4n) is 2.02. The van der Waals surface area contributed by atoms with Gasteiger partial charge in [0.15, 0.2) is 0 Å². The molecule has 2 aromatic rings. The fourth-order valence-corrected chi connectivity index (χ4v) is 2.22. The second-order valence-electron chi connectivity index (χ2n) is 4.46. The van der Waals surface area contributed by atoms with Crippen LogP contribution >= 0.6 is 11.6 Å². The zero-order valence-electron chi connectivity index (χ0n) is 11.7. The van der Waals surface area contributed by atoms with Crippen molar-refractivity contribution in [2.45, 2.75) is 20.3 Å². The van der Waals surface area contributed by atoms with Gasteiger partial charge < -0.3 is 4.74 Å². The van der Waals surface area contributed by atoms with Gasteiger partial charge in [0.25, 0.3) is 0 Å². The van der Waals surface area contributed by atoms with Crippen molar-refractivity contribution in [3.63, 3.8) is 0 Å². The number of hydrogen-bond acceptors (Lipinski definition) is 4. The summed E-state index contributed by atoms with van der Waals surface area (Å²) in [5.41, 5.74) is 2.30. The van der Waals surface area contributed by atoms with Gasteiger partial charge in [0.1, 0.15) is 5.15 Å². The SMILES string of the molecule is CCc1cccc(C(=O)OC(=O)c2cccnc2Cl)c1C. The van der Waals surface area contributed by atoms with Gasteiger partial charge in [-0.15, -0.1) is 0 Å². The first-order chi connectivity index (χ1) is 10.0. The number of hydrogen-bond donors (Lipinski definition) is 0. The molecule has 0 radical (unpaired) electrons. The van der Waals surface area contributed by atoms with Gasteiger partial charge in [-0.1, -0.05) is 30.7 Å². The number of carbonyl (C=O) groups excluding carboxylic acids is 2. The normalized spacial score (nSPS) is 10.2. The molecule has 0 aliphatic rings. The number of esters is 2. The monoisotopic (exact) mass is 303 g/mol. The lowest BCUT2D eigenvalue weighted by molar-refractivity contribution is 0.0397. The predicted octanol–water partition coefficient (Wildman–Crippen LogP) is 3.60. The summed E-state index contributed by atoms with van der Waals surface area (Å²) in [4.78, 5) is 27.8. The van der Waals surface area contributed by atoms with Crippen LogP contribution in [0.2, 0.25) is 5.15 Å². The van der Waals surface area contributed by atoms with Crippen LogP contribution in [0.1, 0.15) is 38.8 Å². The molecule has 0 aliphatic carbocycles. The van der Waals surface area contributed by atoms with Gasteiger partial charge in [0.2, 0.25) is 0 Å². The van der Waals surface area contributed by atoms with Gasteiger partial charge in [-0.3, -0.25) is 0 Å². The van der Waals surface area contributed by atoms with Crippen molar-refractivity contribution in [1.82, 2.24) is 4.98 Å². The van der Waals surface area contributed by atoms with E-state index in [1.807, 2.05) is 19.9 Å². The predicted molar refractivity (Wildman–Crippen MR) is 79.6 cm³/mol. The molecule has 0 unspecified atom stereocenters. The summed E-state index contributed by atoms with van der Waals surface area (Å²) in [6.07, 6.45) is 2.26. The molecule has 0 fully saturated rings. The molecule has 108 valence electrons. The van der Waals surface area contributed by atoms with Crippen molar-refractivity contribution in [1.29, 1.82) is 0 Å². The highest BCUT2D eigenvalue weighted by atomic mass is 35.5. The van der Waals surface area contributed by atoms with Crippen molar-refractivity contribution in [2.24, 2.45) is 0 Å². The largest absolute Gasteiger partial charge is 0.386 e. The number of benzene rings is 1. The summed E-state index contributed by atoms with van der Waals surface area (Å²) >= 11 is 5.80. The highest BCUT2D eigenvalue weighted by Gasteiger charge is 2.19. The summed E-state index contributed by atoms with van der Waals surface area (Å²) in [7, 11) is 0. The van der Waals surface area contributed by atoms with Gasteiger partial charge in [-0.05, 0) is 42.7 Å². The molecule has 4 nitrogen and oxygen atoms in total. The molecule has 0 aliphatic heterocycles. The van der Waals surface area contributed by atoms with Crippen LogP contribution in [0.4, 0.5) is 0 Å². The van der Waals surface area contributed by atoms with Gasteiger partial charge in [0.05, 0.1) is 11.1 Å². The summed E-state index contributed by atoms with van der Waals surface area (Å²) in [5, 5.41) is 0.00864. The number of nitrogens with zero attached hydrogens (tertiary/aromatic N) is 1. The maximum Gasteiger partial charge on any atom is 0.349 e. The van der Waals surface area contributed by atoms with E-state index in [-0.39, 0.29) is 10.7 Å². The lowest BCUT2D eigenvalue weighted by atomic mass is 10.0. The van der Waals surface area contributed by atoms with E-state index < -0.39 is 11.9 Å². The molecule has 0 spiro atoms. The molecule has 0 bridgehead atoms. The molecule has 0 saturated heterocycles. The number of halogens is 1. The number of carbonyl (C=O) groups is 2. The second-order valence-corrected chi connectivity index (χ2v) is 4.82. The van der Waals surface area contributed by atoms with Crippen molar-refractivity contribution in [2.75, 3.05) is 0 Å². The first-order valence-electron chi connectivity index (χ1n) is 6.50. The minimum atomic E-state index is -0.806. The van der Waals surface area contributed by atoms with Crippen molar-refractivity contribution < 1.29 is 14.3 Å². The van der Waals surface area contributed by atoms with Gasteiger partial charge >= 0.3 is 11.9 Å². The molecule has 1 heterocycles. The quantitative estimate of drug-likeness (QED) is 0.494. The second kappa shape index (κ2) is 6.50. The molecule has 0 amide bonds. The fraction of sp³-hybridized carbons (Fsp3) is 0.188. The van der Waals surface area contributed by atoms with E-state index in [4.69, 9.17) is 16.3 Å². The Kier molecular flexibility index (Phi) is 4.70. The Morgan fingerprint density at radius 3 is 2.48 bits per heavy atom. The highest BCUT2D eigenvalue weighted by Crippen LogP contribution is 2.18. The van der Waals surface area contributed by atoms with Crippen molar-refractivity contribution in [3.8, 4) is 0 Å². The Balaban J connectivity index is 2.23. The lowest BCUT2D eigenvalue weighted by Gasteiger charge is -2.09. The third kappa shape index (κ3) is 3.28. The van der Waals surface area contributed by atoms with Crippen molar-refractivity contribution in [3.05, 3.63) is 63.9 Å². The molecule has 21 heavy (non-hydrogen) atoms. The maximum absolute atomic E-state index is 12.1. The lowest BCUT2D eigenvalue weighted by Crippen LogP contribution is -2.15. The summed E-state index contributed by atoms with van der Waals surface area (Å²) in [6, 6.07) is 8.35. The Morgan fingerprint density at radius 2 is 1.81 bits per heavy atom. The standard InChI is InChI=1S/C16H14ClNO3/c1-3-11-6-4-7-12(10(11)2)15(19)21-16(20)13-8-5-9-18-14(13)17/h4-9H,3H2,1-2H3. The average Bonchev–Trinajstić information content (AvgIpc) is 2.47. The van der Waals surface area contributed by atoms with Crippen LogP contribution in [-0.2, 0) is 11.2 Å². The van der Waals surface area contributed by atoms with E-state index in [0.29, 0.717) is 5.56 Å². The van der Waals surface area contributed by atoms with E-state index in [1.54, 1.807) is 18.2 Å². The van der Waals surface area contributed by atoms with E-state index in [9.17, 15) is 9.59 Å². The van der Waals surface area contributed by atoms with Crippen LogP contribution in [0.25, 0.3) is 0 Å². The maximum atomic E-state index is 12.1. The first-order valence-corrected chi connectivity index (χ1v) is 6.88. The van der Waals surface area contributed by atoms with Gasteiger partial charge in [-0.2, -0.15) is 0 Å². The molecule has 5 heteroatoms. The zero-order valence-corrected chi connectivity index (χ0v) is 12.5. The average molecular weight is 304 g/mol. The van der Waals surface area contributed by atoms with Crippen LogP contribution in [0.5, 0.6) is 0 Å². The molecule has 2 rings (SSSR count). The van der Waals surface area contributed by atoms with Crippen LogP contribution in [0.3, 0.4) is 0 Å². The van der Waals surface area contributed by atoms with Gasteiger partial charge in [-0.25, -0.2) is 14.6 Å². The highest BCUT2D eigenvalue weighted by molar-refractivity contribution is 6.32. The Labute approximate surface area is 127 Å². The number of aryl methyl sites for hydroxylation is 1. The summed E-state index contributed by atoms with van der Waals surface area (Å²) in [6.45, 7) is 3.83. The molecule has 0 atom stereocenters. The third-order valence-corrected chi connectivity index (χ3v) is 3.51. The van der Waals surface area contributed by atoms with E-state index in [0.717, 1.165) is 17.5 Å². The zero-order chi connectivity index (χ0) is 15.4. The van der Waals surface area contributed by atoms with E-state index >= 15 is 0 Å². The number of aromatic nitrogens is 1. The van der Waals surface area contributed by atoms with Crippen LogP contribution in [0.15, 0.2) is 36.5 Å². The van der Waals surface area contributed by atoms with Crippen molar-refractivity contribution >= 4 is 23.5 Å². The molecule has 1 aromatic carbocycles. The molecular weight excluding hydrogens is 290 g/mol. The van der Waals surface area contributed by atoms with Gasteiger partial charge in [0, 0.05) is 6.20 Å². The smallest absolute Gasteiger partial charge is 0.349 e. The third-order valence-electron chi connectivity index (χ3n) is 3.21. The first kappa shape index (κ1) is 15.2. The minimum absolute atomic E-state index is 0.00864.